The van der Waals surface area contributed by atoms with E-state index in [0.29, 0.717) is 26.7 Å². The van der Waals surface area contributed by atoms with E-state index in [2.05, 4.69) is 57.7 Å². The predicted octanol–water partition coefficient (Wildman–Crippen LogP) is 4.45. The third kappa shape index (κ3) is 5.14. The average molecular weight is 621 g/mol. The van der Waals surface area contributed by atoms with Gasteiger partial charge in [0.15, 0.2) is 0 Å². The monoisotopic (exact) mass is 618 g/mol. The van der Waals surface area contributed by atoms with Crippen molar-refractivity contribution in [2.75, 3.05) is 5.32 Å². The second kappa shape index (κ2) is 9.51. The fourth-order valence-electron chi connectivity index (χ4n) is 3.53. The van der Waals surface area contributed by atoms with Crippen molar-refractivity contribution in [2.45, 2.75) is 25.4 Å². The van der Waals surface area contributed by atoms with E-state index in [1.807, 2.05) is 24.3 Å². The summed E-state index contributed by atoms with van der Waals surface area (Å²) in [5.74, 6) is -0.648. The summed E-state index contributed by atoms with van der Waals surface area (Å²) in [6.07, 6.45) is 1.85. The van der Waals surface area contributed by atoms with Gasteiger partial charge in [-0.3, -0.25) is 14.3 Å². The number of tetrazole rings is 1. The number of carbonyl (C=O) groups is 2. The lowest BCUT2D eigenvalue weighted by molar-refractivity contribution is 0.100. The molecule has 0 aliphatic heterocycles. The molecular weight excluding hydrogens is 604 g/mol. The molecule has 0 atom stereocenters. The Hall–Kier alpha value is -3.09. The van der Waals surface area contributed by atoms with E-state index in [1.54, 1.807) is 16.8 Å². The van der Waals surface area contributed by atoms with Gasteiger partial charge in [0.05, 0.1) is 23.0 Å². The number of carbonyl (C=O) groups excluding carboxylic acids is 2. The average Bonchev–Trinajstić information content (AvgIpc) is 3.41. The molecule has 1 aliphatic rings. The molecule has 0 spiro atoms. The molecule has 0 unspecified atom stereocenters. The molecule has 2 aromatic heterocycles. The Morgan fingerprint density at radius 2 is 1.86 bits per heavy atom. The summed E-state index contributed by atoms with van der Waals surface area (Å²) < 4.78 is 3.10. The second-order valence-corrected chi connectivity index (χ2v) is 10.2. The van der Waals surface area contributed by atoms with Crippen LogP contribution in [0.4, 0.5) is 5.69 Å². The van der Waals surface area contributed by atoms with Crippen LogP contribution in [-0.2, 0) is 6.54 Å². The normalized spacial score (nSPS) is 13.1. The van der Waals surface area contributed by atoms with Crippen LogP contribution in [0.25, 0.3) is 11.4 Å². The Bertz CT molecular complexity index is 1450. The lowest BCUT2D eigenvalue weighted by Gasteiger charge is -2.12. The molecule has 0 bridgehead atoms. The van der Waals surface area contributed by atoms with Crippen LogP contribution in [0.1, 0.15) is 45.4 Å². The summed E-state index contributed by atoms with van der Waals surface area (Å²) in [7, 11) is 0. The molecule has 10 nitrogen and oxygen atoms in total. The number of hydrogen-bond acceptors (Lipinski definition) is 6. The zero-order chi connectivity index (χ0) is 24.7. The standard InChI is InChI=1S/C22H17Br2ClN8O2/c23-12-3-1-11(2-4-12)21-28-31-32(30-21)10-14-9-18(33(29-14)15-5-6-15)22(35)27-19-16(20(26)34)7-13(25)8-17(19)24/h1-4,7-9,15H,5-6,10H2,(H2,26,34)(H,27,35). The van der Waals surface area contributed by atoms with Crippen molar-refractivity contribution in [3.63, 3.8) is 0 Å². The number of nitrogens with zero attached hydrogens (tertiary/aromatic N) is 6. The van der Waals surface area contributed by atoms with Crippen LogP contribution in [0.2, 0.25) is 5.02 Å². The number of hydrogen-bond donors (Lipinski definition) is 2. The first-order valence-corrected chi connectivity index (χ1v) is 12.5. The summed E-state index contributed by atoms with van der Waals surface area (Å²) in [6.45, 7) is 0.237. The van der Waals surface area contributed by atoms with Gasteiger partial charge < -0.3 is 11.1 Å². The quantitative estimate of drug-likeness (QED) is 0.314. The Balaban J connectivity index is 1.40. The van der Waals surface area contributed by atoms with Crippen molar-refractivity contribution < 1.29 is 9.59 Å². The van der Waals surface area contributed by atoms with Crippen molar-refractivity contribution in [3.8, 4) is 11.4 Å². The van der Waals surface area contributed by atoms with Gasteiger partial charge in [-0.15, -0.1) is 10.2 Å². The largest absolute Gasteiger partial charge is 0.366 e. The van der Waals surface area contributed by atoms with E-state index in [0.717, 1.165) is 22.9 Å². The lowest BCUT2D eigenvalue weighted by atomic mass is 10.1. The van der Waals surface area contributed by atoms with Gasteiger partial charge in [0, 0.05) is 19.5 Å². The fraction of sp³-hybridized carbons (Fsp3) is 0.182. The molecule has 1 aliphatic carbocycles. The smallest absolute Gasteiger partial charge is 0.274 e. The molecule has 35 heavy (non-hydrogen) atoms. The Labute approximate surface area is 221 Å². The Kier molecular flexibility index (Phi) is 6.43. The first kappa shape index (κ1) is 23.6. The van der Waals surface area contributed by atoms with Crippen LogP contribution < -0.4 is 11.1 Å². The van der Waals surface area contributed by atoms with Crippen molar-refractivity contribution in [3.05, 3.63) is 73.4 Å². The van der Waals surface area contributed by atoms with Gasteiger partial charge in [-0.05, 0) is 76.4 Å². The molecule has 178 valence electrons. The minimum Gasteiger partial charge on any atom is -0.366 e. The summed E-state index contributed by atoms with van der Waals surface area (Å²) in [5, 5.41) is 20.4. The highest BCUT2D eigenvalue weighted by molar-refractivity contribution is 9.10. The van der Waals surface area contributed by atoms with Crippen LogP contribution in [-0.4, -0.2) is 41.8 Å². The third-order valence-electron chi connectivity index (χ3n) is 5.33. The predicted molar refractivity (Wildman–Crippen MR) is 136 cm³/mol. The molecule has 1 saturated carbocycles. The zero-order valence-corrected chi connectivity index (χ0v) is 21.9. The first-order chi connectivity index (χ1) is 16.8. The van der Waals surface area contributed by atoms with Crippen LogP contribution in [0.5, 0.6) is 0 Å². The topological polar surface area (TPSA) is 134 Å². The molecule has 0 radical (unpaired) electrons. The second-order valence-electron chi connectivity index (χ2n) is 7.98. The fourth-order valence-corrected chi connectivity index (χ4v) is 4.71. The number of halogens is 3. The van der Waals surface area contributed by atoms with Gasteiger partial charge in [-0.1, -0.05) is 27.5 Å². The van der Waals surface area contributed by atoms with Crippen LogP contribution in [0.3, 0.4) is 0 Å². The molecule has 1 fully saturated rings. The van der Waals surface area contributed by atoms with Crippen molar-refractivity contribution in [1.82, 2.24) is 30.0 Å². The summed E-state index contributed by atoms with van der Waals surface area (Å²) in [4.78, 5) is 26.6. The Morgan fingerprint density at radius 1 is 1.11 bits per heavy atom. The molecule has 4 aromatic rings. The van der Waals surface area contributed by atoms with Crippen LogP contribution in [0, 0.1) is 0 Å². The van der Waals surface area contributed by atoms with Gasteiger partial charge in [0.25, 0.3) is 11.8 Å². The number of primary amides is 1. The maximum atomic E-state index is 13.2. The molecule has 13 heteroatoms. The van der Waals surface area contributed by atoms with Crippen LogP contribution >= 0.6 is 43.5 Å². The maximum absolute atomic E-state index is 13.2. The van der Waals surface area contributed by atoms with Gasteiger partial charge in [0.1, 0.15) is 12.2 Å². The summed E-state index contributed by atoms with van der Waals surface area (Å²) >= 11 is 12.8. The minimum atomic E-state index is -0.710. The molecular formula is C22H17Br2ClN8O2. The van der Waals surface area contributed by atoms with Crippen LogP contribution in [0.15, 0.2) is 51.4 Å². The minimum absolute atomic E-state index is 0.0997. The van der Waals surface area contributed by atoms with Crippen molar-refractivity contribution in [1.29, 1.82) is 0 Å². The highest BCUT2D eigenvalue weighted by Crippen LogP contribution is 2.36. The summed E-state index contributed by atoms with van der Waals surface area (Å²) in [6, 6.07) is 12.4. The molecule has 2 aromatic carbocycles. The Morgan fingerprint density at radius 3 is 2.54 bits per heavy atom. The molecule has 2 heterocycles. The van der Waals surface area contributed by atoms with E-state index in [-0.39, 0.29) is 23.8 Å². The number of nitrogens with two attached hydrogens (primary N) is 1. The summed E-state index contributed by atoms with van der Waals surface area (Å²) in [5.41, 5.74) is 7.62. The maximum Gasteiger partial charge on any atom is 0.274 e. The number of benzene rings is 2. The number of rotatable bonds is 7. The number of anilines is 1. The van der Waals surface area contributed by atoms with E-state index in [9.17, 15) is 9.59 Å². The zero-order valence-electron chi connectivity index (χ0n) is 18.0. The van der Waals surface area contributed by atoms with E-state index < -0.39 is 11.8 Å². The van der Waals surface area contributed by atoms with Crippen molar-refractivity contribution in [2.24, 2.45) is 5.73 Å². The molecule has 3 N–H and O–H groups in total. The molecule has 0 saturated heterocycles. The number of amides is 2. The molecule has 2 amide bonds. The highest BCUT2D eigenvalue weighted by atomic mass is 79.9. The van der Waals surface area contributed by atoms with Gasteiger partial charge >= 0.3 is 0 Å². The lowest BCUT2D eigenvalue weighted by Crippen LogP contribution is -2.21. The van der Waals surface area contributed by atoms with E-state index in [4.69, 9.17) is 17.3 Å². The van der Waals surface area contributed by atoms with E-state index >= 15 is 0 Å². The van der Waals surface area contributed by atoms with Gasteiger partial charge in [0.2, 0.25) is 5.82 Å². The van der Waals surface area contributed by atoms with Crippen molar-refractivity contribution >= 4 is 61.0 Å². The third-order valence-corrected chi connectivity index (χ3v) is 6.70. The molecule has 5 rings (SSSR count). The first-order valence-electron chi connectivity index (χ1n) is 10.5. The highest BCUT2D eigenvalue weighted by Gasteiger charge is 2.30. The number of nitrogens with one attached hydrogen (secondary N) is 1. The van der Waals surface area contributed by atoms with Gasteiger partial charge in [-0.25, -0.2) is 0 Å². The SMILES string of the molecule is NC(=O)c1cc(Cl)cc(Br)c1NC(=O)c1cc(Cn2nnc(-c3ccc(Br)cc3)n2)nn1C1CC1. The van der Waals surface area contributed by atoms with Gasteiger partial charge in [-0.2, -0.15) is 9.90 Å². The van der Waals surface area contributed by atoms with E-state index in [1.165, 1.54) is 10.9 Å². The number of aromatic nitrogens is 6.